The number of nitrogens with one attached hydrogen (secondary N) is 1. The van der Waals surface area contributed by atoms with Gasteiger partial charge in [0, 0.05) is 5.56 Å². The van der Waals surface area contributed by atoms with E-state index in [9.17, 15) is 4.79 Å². The van der Waals surface area contributed by atoms with Crippen LogP contribution in [0.3, 0.4) is 0 Å². The third-order valence-electron chi connectivity index (χ3n) is 2.31. The Morgan fingerprint density at radius 2 is 2.00 bits per heavy atom. The van der Waals surface area contributed by atoms with Gasteiger partial charge in [-0.05, 0) is 26.8 Å². The lowest BCUT2D eigenvalue weighted by Gasteiger charge is -2.19. The van der Waals surface area contributed by atoms with Crippen LogP contribution < -0.4 is 15.8 Å². The number of carbonyl (C=O) groups is 1. The SMILES string of the molecule is CC(C)Oc1ccccc1C(C)NC(=O)CN. The summed E-state index contributed by atoms with van der Waals surface area (Å²) in [5.74, 6) is 0.629. The van der Waals surface area contributed by atoms with Gasteiger partial charge in [-0.1, -0.05) is 18.2 Å². The maximum atomic E-state index is 11.3. The van der Waals surface area contributed by atoms with Gasteiger partial charge in [-0.15, -0.1) is 0 Å². The van der Waals surface area contributed by atoms with Crippen LogP contribution in [-0.2, 0) is 4.79 Å². The van der Waals surface area contributed by atoms with Crippen LogP contribution in [0.4, 0.5) is 0 Å². The summed E-state index contributed by atoms with van der Waals surface area (Å²) in [6.45, 7) is 5.85. The molecule has 0 fully saturated rings. The average Bonchev–Trinajstić information content (AvgIpc) is 2.28. The maximum Gasteiger partial charge on any atom is 0.234 e. The zero-order valence-corrected chi connectivity index (χ0v) is 10.6. The van der Waals surface area contributed by atoms with Gasteiger partial charge in [0.05, 0.1) is 18.7 Å². The second-order valence-electron chi connectivity index (χ2n) is 4.20. The molecule has 1 aromatic rings. The summed E-state index contributed by atoms with van der Waals surface area (Å²) in [4.78, 5) is 11.3. The quantitative estimate of drug-likeness (QED) is 0.816. The van der Waals surface area contributed by atoms with Crippen LogP contribution >= 0.6 is 0 Å². The van der Waals surface area contributed by atoms with Gasteiger partial charge in [-0.3, -0.25) is 4.79 Å². The minimum absolute atomic E-state index is 0.00244. The first-order valence-corrected chi connectivity index (χ1v) is 5.79. The zero-order chi connectivity index (χ0) is 12.8. The number of para-hydroxylation sites is 1. The fourth-order valence-electron chi connectivity index (χ4n) is 1.58. The highest BCUT2D eigenvalue weighted by Crippen LogP contribution is 2.25. The summed E-state index contributed by atoms with van der Waals surface area (Å²) in [5.41, 5.74) is 6.24. The largest absolute Gasteiger partial charge is 0.491 e. The Kier molecular flexibility index (Phi) is 4.97. The Balaban J connectivity index is 2.84. The van der Waals surface area contributed by atoms with Crippen LogP contribution in [0.15, 0.2) is 24.3 Å². The van der Waals surface area contributed by atoms with Crippen molar-refractivity contribution >= 4 is 5.91 Å². The van der Waals surface area contributed by atoms with Crippen molar-refractivity contribution in [3.05, 3.63) is 29.8 Å². The molecule has 0 radical (unpaired) electrons. The molecule has 0 saturated carbocycles. The van der Waals surface area contributed by atoms with E-state index < -0.39 is 0 Å². The third-order valence-corrected chi connectivity index (χ3v) is 2.31. The number of benzene rings is 1. The number of hydrogen-bond acceptors (Lipinski definition) is 3. The van der Waals surface area contributed by atoms with E-state index in [0.717, 1.165) is 11.3 Å². The molecule has 1 atom stereocenters. The van der Waals surface area contributed by atoms with Crippen LogP contribution in [0.2, 0.25) is 0 Å². The molecule has 1 amide bonds. The van der Waals surface area contributed by atoms with Crippen molar-refractivity contribution in [3.63, 3.8) is 0 Å². The fourth-order valence-corrected chi connectivity index (χ4v) is 1.58. The molecule has 0 aromatic heterocycles. The van der Waals surface area contributed by atoms with Crippen LogP contribution in [0.5, 0.6) is 5.75 Å². The lowest BCUT2D eigenvalue weighted by atomic mass is 10.1. The summed E-state index contributed by atoms with van der Waals surface area (Å²) >= 11 is 0. The predicted molar refractivity (Wildman–Crippen MR) is 67.8 cm³/mol. The molecule has 4 heteroatoms. The number of amides is 1. The molecule has 94 valence electrons. The standard InChI is InChI=1S/C13H20N2O2/c1-9(2)17-12-7-5-4-6-11(12)10(3)15-13(16)8-14/h4-7,9-10H,8,14H2,1-3H3,(H,15,16). The van der Waals surface area contributed by atoms with E-state index in [-0.39, 0.29) is 24.6 Å². The van der Waals surface area contributed by atoms with Gasteiger partial charge >= 0.3 is 0 Å². The topological polar surface area (TPSA) is 64.3 Å². The summed E-state index contributed by atoms with van der Waals surface area (Å²) in [7, 11) is 0. The number of rotatable bonds is 5. The molecule has 0 aliphatic carbocycles. The fraction of sp³-hybridized carbons (Fsp3) is 0.462. The highest BCUT2D eigenvalue weighted by Gasteiger charge is 2.13. The Morgan fingerprint density at radius 3 is 2.59 bits per heavy atom. The van der Waals surface area contributed by atoms with Crippen LogP contribution in [-0.4, -0.2) is 18.6 Å². The Bertz CT molecular complexity index is 377. The highest BCUT2D eigenvalue weighted by atomic mass is 16.5. The molecule has 17 heavy (non-hydrogen) atoms. The number of carbonyl (C=O) groups excluding carboxylic acids is 1. The van der Waals surface area contributed by atoms with Gasteiger partial charge in [0.15, 0.2) is 0 Å². The Hall–Kier alpha value is -1.55. The molecular weight excluding hydrogens is 216 g/mol. The Morgan fingerprint density at radius 1 is 1.35 bits per heavy atom. The van der Waals surface area contributed by atoms with E-state index in [1.165, 1.54) is 0 Å². The van der Waals surface area contributed by atoms with Crippen molar-refractivity contribution in [1.29, 1.82) is 0 Å². The van der Waals surface area contributed by atoms with E-state index in [4.69, 9.17) is 10.5 Å². The smallest absolute Gasteiger partial charge is 0.234 e. The average molecular weight is 236 g/mol. The third kappa shape index (κ3) is 4.07. The maximum absolute atomic E-state index is 11.3. The first kappa shape index (κ1) is 13.5. The number of ether oxygens (including phenoxy) is 1. The normalized spacial score (nSPS) is 12.3. The molecule has 1 rings (SSSR count). The molecule has 0 bridgehead atoms. The number of hydrogen-bond donors (Lipinski definition) is 2. The summed E-state index contributed by atoms with van der Waals surface area (Å²) in [5, 5.41) is 2.82. The van der Waals surface area contributed by atoms with Gasteiger partial charge in [0.2, 0.25) is 5.91 Å². The van der Waals surface area contributed by atoms with Gasteiger partial charge in [-0.2, -0.15) is 0 Å². The number of nitrogens with two attached hydrogens (primary N) is 1. The van der Waals surface area contributed by atoms with Crippen LogP contribution in [0.1, 0.15) is 32.4 Å². The minimum atomic E-state index is -0.170. The van der Waals surface area contributed by atoms with Gasteiger partial charge < -0.3 is 15.8 Å². The van der Waals surface area contributed by atoms with Gasteiger partial charge in [-0.25, -0.2) is 0 Å². The van der Waals surface area contributed by atoms with Crippen molar-refractivity contribution < 1.29 is 9.53 Å². The zero-order valence-electron chi connectivity index (χ0n) is 10.6. The van der Waals surface area contributed by atoms with Gasteiger partial charge in [0.25, 0.3) is 0 Å². The monoisotopic (exact) mass is 236 g/mol. The van der Waals surface area contributed by atoms with Crippen LogP contribution in [0, 0.1) is 0 Å². The van der Waals surface area contributed by atoms with Crippen molar-refractivity contribution in [3.8, 4) is 5.75 Å². The molecular formula is C13H20N2O2. The lowest BCUT2D eigenvalue weighted by Crippen LogP contribution is -2.32. The van der Waals surface area contributed by atoms with E-state index in [2.05, 4.69) is 5.32 Å². The van der Waals surface area contributed by atoms with E-state index in [1.807, 2.05) is 45.0 Å². The van der Waals surface area contributed by atoms with Crippen molar-refractivity contribution in [2.45, 2.75) is 32.9 Å². The van der Waals surface area contributed by atoms with Crippen LogP contribution in [0.25, 0.3) is 0 Å². The predicted octanol–water partition coefficient (Wildman–Crippen LogP) is 1.61. The van der Waals surface area contributed by atoms with Crippen molar-refractivity contribution in [1.82, 2.24) is 5.32 Å². The highest BCUT2D eigenvalue weighted by molar-refractivity contribution is 5.78. The molecule has 1 aromatic carbocycles. The van der Waals surface area contributed by atoms with E-state index in [1.54, 1.807) is 0 Å². The molecule has 4 nitrogen and oxygen atoms in total. The molecule has 1 unspecified atom stereocenters. The van der Waals surface area contributed by atoms with Gasteiger partial charge in [0.1, 0.15) is 5.75 Å². The molecule has 0 saturated heterocycles. The van der Waals surface area contributed by atoms with Crippen molar-refractivity contribution in [2.75, 3.05) is 6.54 Å². The van der Waals surface area contributed by atoms with E-state index in [0.29, 0.717) is 0 Å². The molecule has 3 N–H and O–H groups in total. The van der Waals surface area contributed by atoms with E-state index >= 15 is 0 Å². The minimum Gasteiger partial charge on any atom is -0.491 e. The molecule has 0 aliphatic rings. The first-order chi connectivity index (χ1) is 8.04. The second kappa shape index (κ2) is 6.25. The summed E-state index contributed by atoms with van der Waals surface area (Å²) in [6.07, 6.45) is 0.105. The molecule has 0 aliphatic heterocycles. The summed E-state index contributed by atoms with van der Waals surface area (Å²) in [6, 6.07) is 7.58. The second-order valence-corrected chi connectivity index (χ2v) is 4.20. The van der Waals surface area contributed by atoms with Crippen molar-refractivity contribution in [2.24, 2.45) is 5.73 Å². The Labute approximate surface area is 102 Å². The summed E-state index contributed by atoms with van der Waals surface area (Å²) < 4.78 is 5.70. The first-order valence-electron chi connectivity index (χ1n) is 5.79. The molecule has 0 heterocycles. The molecule has 0 spiro atoms. The lowest BCUT2D eigenvalue weighted by molar-refractivity contribution is -0.120.